The number of nitrogens with zero attached hydrogens (tertiary/aromatic N) is 1. The Morgan fingerprint density at radius 2 is 1.02 bits per heavy atom. The second-order valence-corrected chi connectivity index (χ2v) is 28.9. The van der Waals surface area contributed by atoms with E-state index in [1.807, 2.05) is 5.57 Å². The lowest BCUT2D eigenvalue weighted by atomic mass is 9.67. The highest BCUT2D eigenvalue weighted by Gasteiger charge is 2.58. The van der Waals surface area contributed by atoms with E-state index >= 15 is 0 Å². The maximum atomic E-state index is 3.22. The van der Waals surface area contributed by atoms with Crippen LogP contribution in [0.3, 0.4) is 0 Å². The Balaban J connectivity index is 1.23. The molecule has 0 amide bonds. The fraction of sp³-hybridized carbons (Fsp3) is 0.836. The molecule has 1 nitrogen and oxygen atoms in total. The van der Waals surface area contributed by atoms with E-state index in [1.54, 1.807) is 27.8 Å². The van der Waals surface area contributed by atoms with Crippen molar-refractivity contribution in [2.24, 2.45) is 23.7 Å². The number of allylic oxidation sites excluding steroid dienone is 4. The van der Waals surface area contributed by atoms with Crippen molar-refractivity contribution >= 4 is 13.8 Å². The predicted octanol–water partition coefficient (Wildman–Crippen LogP) is 19.5. The zero-order valence-corrected chi connectivity index (χ0v) is 44.8. The van der Waals surface area contributed by atoms with Crippen molar-refractivity contribution < 1.29 is 0 Å². The summed E-state index contributed by atoms with van der Waals surface area (Å²) in [5.41, 5.74) is 11.7. The summed E-state index contributed by atoms with van der Waals surface area (Å²) in [5.74, 6) is 2.88. The highest BCUT2D eigenvalue weighted by atomic mass is 28.3. The first-order valence-corrected chi connectivity index (χ1v) is 31.9. The average Bonchev–Trinajstić information content (AvgIpc) is 3.90. The van der Waals surface area contributed by atoms with Crippen LogP contribution in [0.2, 0.25) is 18.6 Å². The van der Waals surface area contributed by atoms with Gasteiger partial charge in [0.25, 0.3) is 0 Å². The molecule has 0 heterocycles. The van der Waals surface area contributed by atoms with Crippen LogP contribution in [0.15, 0.2) is 29.9 Å². The molecular formula is C61H105NSi. The number of hydrogen-bond donors (Lipinski definition) is 0. The summed E-state index contributed by atoms with van der Waals surface area (Å²) in [6, 6.07) is 6.39. The molecule has 5 atom stereocenters. The highest BCUT2D eigenvalue weighted by molar-refractivity contribution is 6.76. The van der Waals surface area contributed by atoms with Crippen LogP contribution in [-0.2, 0) is 18.3 Å². The molecular weight excluding hydrogens is 775 g/mol. The van der Waals surface area contributed by atoms with Gasteiger partial charge in [-0.2, -0.15) is 0 Å². The minimum absolute atomic E-state index is 0.217. The van der Waals surface area contributed by atoms with E-state index < -0.39 is 8.24 Å². The number of unbranched alkanes of at least 4 members (excludes halogenated alkanes) is 22. The molecule has 2 fully saturated rings. The van der Waals surface area contributed by atoms with Gasteiger partial charge in [0.05, 0.1) is 0 Å². The van der Waals surface area contributed by atoms with E-state index in [0.717, 1.165) is 23.4 Å². The molecule has 5 aliphatic rings. The third kappa shape index (κ3) is 12.7. The lowest BCUT2D eigenvalue weighted by Gasteiger charge is -2.56. The van der Waals surface area contributed by atoms with Crippen LogP contribution in [0.1, 0.15) is 276 Å². The van der Waals surface area contributed by atoms with Crippen LogP contribution in [0.25, 0.3) is 5.57 Å². The summed E-state index contributed by atoms with van der Waals surface area (Å²) in [4.78, 5) is 0. The average molecular weight is 881 g/mol. The Morgan fingerprint density at radius 3 is 1.49 bits per heavy atom. The molecule has 0 saturated heterocycles. The second-order valence-electron chi connectivity index (χ2n) is 24.4. The summed E-state index contributed by atoms with van der Waals surface area (Å²) >= 11 is 0. The van der Waals surface area contributed by atoms with Gasteiger partial charge in [-0.25, -0.2) is 0 Å². The van der Waals surface area contributed by atoms with Gasteiger partial charge in [-0.3, -0.25) is 0 Å². The van der Waals surface area contributed by atoms with Crippen molar-refractivity contribution in [3.8, 4) is 0 Å². The number of fused-ring (bicyclic) bond motifs is 5. The number of benzene rings is 1. The van der Waals surface area contributed by atoms with Gasteiger partial charge in [0.1, 0.15) is 8.24 Å². The Morgan fingerprint density at radius 1 is 0.556 bits per heavy atom. The van der Waals surface area contributed by atoms with E-state index in [2.05, 4.69) is 90.4 Å². The van der Waals surface area contributed by atoms with Crippen molar-refractivity contribution in [3.63, 3.8) is 0 Å². The molecule has 2 saturated carbocycles. The Kier molecular flexibility index (Phi) is 20.2. The maximum absolute atomic E-state index is 3.22. The van der Waals surface area contributed by atoms with E-state index in [0.29, 0.717) is 11.8 Å². The van der Waals surface area contributed by atoms with Crippen LogP contribution in [0, 0.1) is 23.7 Å². The number of rotatable bonds is 29. The second kappa shape index (κ2) is 24.8. The first-order chi connectivity index (χ1) is 30.5. The van der Waals surface area contributed by atoms with Gasteiger partial charge < -0.3 is 4.57 Å². The standard InChI is InChI=1S/C61H105NSi/c1-10-12-14-16-18-20-22-24-26-28-30-35-42-61(43-36-31-29-27-25-23-21-19-17-15-13-11-2)57-45-51-39-37-38-50(51)44-54(57)55-46-56-53(47-58(55)61)48(3)49(4)59(56)63(8,9)62(60(5,6)7)52-40-33-32-34-41-52/h44-49,52-53,56,59H,10-43H2,1-9H3. The Labute approximate surface area is 394 Å². The van der Waals surface area contributed by atoms with E-state index in [1.165, 1.54) is 218 Å². The van der Waals surface area contributed by atoms with Crippen molar-refractivity contribution in [1.82, 2.24) is 4.57 Å². The largest absolute Gasteiger partial charge is 0.316 e. The van der Waals surface area contributed by atoms with Crippen LogP contribution in [0.4, 0.5) is 0 Å². The van der Waals surface area contributed by atoms with E-state index in [9.17, 15) is 0 Å². The third-order valence-corrected chi connectivity index (χ3v) is 23.3. The molecule has 0 radical (unpaired) electrons. The van der Waals surface area contributed by atoms with Gasteiger partial charge in [0.2, 0.25) is 0 Å². The number of aryl methyl sites for hydroxylation is 2. The minimum Gasteiger partial charge on any atom is -0.316 e. The zero-order valence-electron chi connectivity index (χ0n) is 43.8. The molecule has 1 aromatic rings. The summed E-state index contributed by atoms with van der Waals surface area (Å²) in [6.07, 6.45) is 54.4. The van der Waals surface area contributed by atoms with Crippen molar-refractivity contribution in [2.75, 3.05) is 0 Å². The maximum Gasteiger partial charge on any atom is 0.127 e. The quantitative estimate of drug-likeness (QED) is 0.0572. The molecule has 0 N–H and O–H groups in total. The summed E-state index contributed by atoms with van der Waals surface area (Å²) in [7, 11) is -1.87. The minimum atomic E-state index is -1.87. The molecule has 1 aromatic carbocycles. The third-order valence-electron chi connectivity index (χ3n) is 18.4. The van der Waals surface area contributed by atoms with Gasteiger partial charge in [-0.05, 0) is 128 Å². The number of hydrogen-bond acceptors (Lipinski definition) is 1. The molecule has 5 unspecified atom stereocenters. The first-order valence-electron chi connectivity index (χ1n) is 28.9. The molecule has 0 spiro atoms. The summed E-state index contributed by atoms with van der Waals surface area (Å²) < 4.78 is 3.22. The highest BCUT2D eigenvalue weighted by Crippen LogP contribution is 2.65. The lowest BCUT2D eigenvalue weighted by molar-refractivity contribution is 0.138. The molecule has 0 aliphatic heterocycles. The molecule has 2 heteroatoms. The van der Waals surface area contributed by atoms with E-state index in [4.69, 9.17) is 0 Å². The Hall–Kier alpha value is -1.12. The monoisotopic (exact) mass is 880 g/mol. The van der Waals surface area contributed by atoms with Crippen molar-refractivity contribution in [2.45, 2.75) is 302 Å². The normalized spacial score (nSPS) is 24.4. The SMILES string of the molecule is CCCCCCCCCCCCCCC1(CCCCCCCCCCCCCC)C2=CC3C(C)C(C)C([Si](C)(C)N(C4CCCCC4)C(C)(C)C)C3C=C2c2cc3c(cc21)CCC3. The molecule has 358 valence electrons. The molecule has 5 aliphatic carbocycles. The van der Waals surface area contributed by atoms with Gasteiger partial charge >= 0.3 is 0 Å². The van der Waals surface area contributed by atoms with Gasteiger partial charge in [-0.1, -0.05) is 238 Å². The van der Waals surface area contributed by atoms with Crippen LogP contribution in [0.5, 0.6) is 0 Å². The Bertz CT molecular complexity index is 1540. The fourth-order valence-corrected chi connectivity index (χ4v) is 21.5. The molecule has 63 heavy (non-hydrogen) atoms. The van der Waals surface area contributed by atoms with Crippen molar-refractivity contribution in [1.29, 1.82) is 0 Å². The summed E-state index contributed by atoms with van der Waals surface area (Å²) in [5, 5.41) is 0. The van der Waals surface area contributed by atoms with Crippen LogP contribution in [-0.4, -0.2) is 24.4 Å². The molecule has 6 rings (SSSR count). The van der Waals surface area contributed by atoms with Gasteiger partial charge in [0.15, 0.2) is 0 Å². The van der Waals surface area contributed by atoms with Gasteiger partial charge in [-0.15, -0.1) is 0 Å². The van der Waals surface area contributed by atoms with Gasteiger partial charge in [0, 0.05) is 17.0 Å². The summed E-state index contributed by atoms with van der Waals surface area (Å²) in [6.45, 7) is 23.5. The molecule has 0 bridgehead atoms. The van der Waals surface area contributed by atoms with Crippen LogP contribution < -0.4 is 0 Å². The predicted molar refractivity (Wildman–Crippen MR) is 283 cm³/mol. The van der Waals surface area contributed by atoms with Crippen molar-refractivity contribution in [3.05, 3.63) is 52.1 Å². The lowest BCUT2D eigenvalue weighted by Crippen LogP contribution is -2.65. The topological polar surface area (TPSA) is 3.24 Å². The fourth-order valence-electron chi connectivity index (χ4n) is 15.4. The van der Waals surface area contributed by atoms with Crippen LogP contribution >= 0.6 is 0 Å². The van der Waals surface area contributed by atoms with E-state index in [-0.39, 0.29) is 11.0 Å². The molecule has 0 aromatic heterocycles. The first kappa shape index (κ1) is 51.3. The zero-order chi connectivity index (χ0) is 44.9. The smallest absolute Gasteiger partial charge is 0.127 e.